The molecule has 104 valence electrons. The Morgan fingerprint density at radius 1 is 1.50 bits per heavy atom. The first-order valence-corrected chi connectivity index (χ1v) is 8.28. The van der Waals surface area contributed by atoms with E-state index in [4.69, 9.17) is 4.74 Å². The van der Waals surface area contributed by atoms with Crippen LogP contribution >= 0.6 is 0 Å². The molecule has 0 aliphatic carbocycles. The highest BCUT2D eigenvalue weighted by atomic mass is 32.2. The van der Waals surface area contributed by atoms with Gasteiger partial charge < -0.3 is 10.1 Å². The summed E-state index contributed by atoms with van der Waals surface area (Å²) in [6, 6.07) is 0. The molecule has 0 saturated carbocycles. The quantitative estimate of drug-likeness (QED) is 0.688. The first kappa shape index (κ1) is 14.0. The van der Waals surface area contributed by atoms with Crippen molar-refractivity contribution in [2.75, 3.05) is 32.0 Å². The van der Waals surface area contributed by atoms with Crippen LogP contribution in [0, 0.1) is 0 Å². The van der Waals surface area contributed by atoms with E-state index < -0.39 is 10.0 Å². The number of rotatable bonds is 6. The van der Waals surface area contributed by atoms with Crippen molar-refractivity contribution in [3.63, 3.8) is 0 Å². The summed E-state index contributed by atoms with van der Waals surface area (Å²) in [5.41, 5.74) is 1.34. The predicted octanol–water partition coefficient (Wildman–Crippen LogP) is 0.395. The summed E-state index contributed by atoms with van der Waals surface area (Å²) >= 11 is 0. The lowest BCUT2D eigenvalue weighted by Crippen LogP contribution is -2.33. The predicted molar refractivity (Wildman–Crippen MR) is 71.0 cm³/mol. The number of hydrogen-bond acceptors (Lipinski definition) is 4. The summed E-state index contributed by atoms with van der Waals surface area (Å²) in [5.74, 6) is 0.105. The number of sulfonamides is 1. The molecular weight excluding hydrogens is 252 g/mol. The van der Waals surface area contributed by atoms with Gasteiger partial charge in [0.05, 0.1) is 11.9 Å². The molecule has 1 atom stereocenters. The average molecular weight is 274 g/mol. The van der Waals surface area contributed by atoms with E-state index in [-0.39, 0.29) is 11.9 Å². The van der Waals surface area contributed by atoms with E-state index in [1.807, 2.05) is 0 Å². The Hall–Kier alpha value is -0.430. The van der Waals surface area contributed by atoms with Gasteiger partial charge >= 0.3 is 0 Å². The van der Waals surface area contributed by atoms with E-state index >= 15 is 0 Å². The summed E-state index contributed by atoms with van der Waals surface area (Å²) in [5, 5.41) is 3.24. The highest BCUT2D eigenvalue weighted by Crippen LogP contribution is 2.14. The zero-order valence-corrected chi connectivity index (χ0v) is 11.5. The van der Waals surface area contributed by atoms with Crippen LogP contribution in [-0.2, 0) is 14.8 Å². The van der Waals surface area contributed by atoms with E-state index in [1.165, 1.54) is 5.57 Å². The molecule has 0 aromatic heterocycles. The first-order valence-electron chi connectivity index (χ1n) is 6.63. The van der Waals surface area contributed by atoms with Gasteiger partial charge in [-0.25, -0.2) is 13.1 Å². The number of hydrogen-bond donors (Lipinski definition) is 2. The molecule has 2 rings (SSSR count). The van der Waals surface area contributed by atoms with E-state index in [0.29, 0.717) is 13.2 Å². The molecule has 0 bridgehead atoms. The van der Waals surface area contributed by atoms with Crippen LogP contribution in [0.5, 0.6) is 0 Å². The van der Waals surface area contributed by atoms with Gasteiger partial charge in [-0.05, 0) is 32.2 Å². The van der Waals surface area contributed by atoms with Crippen LogP contribution in [0.15, 0.2) is 11.6 Å². The second kappa shape index (κ2) is 6.65. The van der Waals surface area contributed by atoms with E-state index in [2.05, 4.69) is 16.1 Å². The maximum atomic E-state index is 11.8. The van der Waals surface area contributed by atoms with Gasteiger partial charge in [-0.1, -0.05) is 11.6 Å². The molecule has 1 saturated heterocycles. The van der Waals surface area contributed by atoms with Gasteiger partial charge in [0.1, 0.15) is 0 Å². The van der Waals surface area contributed by atoms with Crippen LogP contribution < -0.4 is 10.0 Å². The molecule has 1 fully saturated rings. The Bertz CT molecular complexity index is 386. The Morgan fingerprint density at radius 2 is 2.39 bits per heavy atom. The molecule has 5 nitrogen and oxygen atoms in total. The van der Waals surface area contributed by atoms with Gasteiger partial charge in [0.15, 0.2) is 0 Å². The molecule has 0 spiro atoms. The molecule has 6 heteroatoms. The fraction of sp³-hybridized carbons (Fsp3) is 0.833. The van der Waals surface area contributed by atoms with Crippen molar-refractivity contribution in [1.82, 2.24) is 10.0 Å². The second-order valence-electron chi connectivity index (χ2n) is 4.88. The van der Waals surface area contributed by atoms with Crippen LogP contribution in [0.2, 0.25) is 0 Å². The van der Waals surface area contributed by atoms with Crippen LogP contribution in [0.3, 0.4) is 0 Å². The summed E-state index contributed by atoms with van der Waals surface area (Å²) in [4.78, 5) is 0. The number of ether oxygens (including phenoxy) is 1. The van der Waals surface area contributed by atoms with Crippen molar-refractivity contribution in [2.45, 2.75) is 31.8 Å². The van der Waals surface area contributed by atoms with E-state index in [1.54, 1.807) is 0 Å². The van der Waals surface area contributed by atoms with E-state index in [0.717, 1.165) is 38.8 Å². The Balaban J connectivity index is 1.69. The van der Waals surface area contributed by atoms with Gasteiger partial charge in [0.25, 0.3) is 0 Å². The largest absolute Gasteiger partial charge is 0.377 e. The van der Waals surface area contributed by atoms with Crippen molar-refractivity contribution in [3.05, 3.63) is 11.6 Å². The maximum Gasteiger partial charge on any atom is 0.214 e. The lowest BCUT2D eigenvalue weighted by Gasteiger charge is -2.15. The number of nitrogens with one attached hydrogen (secondary N) is 2. The third kappa shape index (κ3) is 4.68. The third-order valence-electron chi connectivity index (χ3n) is 3.36. The molecule has 0 amide bonds. The SMILES string of the molecule is O=S(=O)(CC1CCCO1)NCCC1=CCNCC1. The van der Waals surface area contributed by atoms with E-state index in [9.17, 15) is 8.42 Å². The molecule has 2 aliphatic rings. The molecule has 1 unspecified atom stereocenters. The lowest BCUT2D eigenvalue weighted by molar-refractivity contribution is 0.127. The van der Waals surface area contributed by atoms with Crippen LogP contribution in [0.4, 0.5) is 0 Å². The Morgan fingerprint density at radius 3 is 3.06 bits per heavy atom. The molecular formula is C12H22N2O3S. The molecule has 2 N–H and O–H groups in total. The fourth-order valence-corrected chi connectivity index (χ4v) is 3.63. The zero-order chi connectivity index (χ0) is 12.8. The van der Waals surface area contributed by atoms with Gasteiger partial charge in [0, 0.05) is 19.7 Å². The lowest BCUT2D eigenvalue weighted by atomic mass is 10.1. The Kier molecular flexibility index (Phi) is 5.17. The smallest absolute Gasteiger partial charge is 0.214 e. The highest BCUT2D eigenvalue weighted by molar-refractivity contribution is 7.89. The Labute approximate surface area is 109 Å². The van der Waals surface area contributed by atoms with Gasteiger partial charge in [-0.15, -0.1) is 0 Å². The van der Waals surface area contributed by atoms with Crippen LogP contribution in [-0.4, -0.2) is 46.5 Å². The van der Waals surface area contributed by atoms with Crippen molar-refractivity contribution < 1.29 is 13.2 Å². The van der Waals surface area contributed by atoms with Crippen molar-refractivity contribution >= 4 is 10.0 Å². The third-order valence-corrected chi connectivity index (χ3v) is 4.81. The van der Waals surface area contributed by atoms with Gasteiger partial charge in [0.2, 0.25) is 10.0 Å². The summed E-state index contributed by atoms with van der Waals surface area (Å²) in [6.45, 7) is 3.09. The van der Waals surface area contributed by atoms with Crippen LogP contribution in [0.1, 0.15) is 25.7 Å². The van der Waals surface area contributed by atoms with Crippen molar-refractivity contribution in [2.24, 2.45) is 0 Å². The normalized spacial score (nSPS) is 25.1. The maximum absolute atomic E-state index is 11.8. The minimum absolute atomic E-state index is 0.105. The van der Waals surface area contributed by atoms with Crippen LogP contribution in [0.25, 0.3) is 0 Å². The molecule has 18 heavy (non-hydrogen) atoms. The fourth-order valence-electron chi connectivity index (χ4n) is 2.34. The minimum atomic E-state index is -3.18. The van der Waals surface area contributed by atoms with Gasteiger partial charge in [-0.2, -0.15) is 0 Å². The summed E-state index contributed by atoms with van der Waals surface area (Å²) in [6.07, 6.45) is 5.70. The summed E-state index contributed by atoms with van der Waals surface area (Å²) in [7, 11) is -3.18. The monoisotopic (exact) mass is 274 g/mol. The van der Waals surface area contributed by atoms with Crippen molar-refractivity contribution in [1.29, 1.82) is 0 Å². The molecule has 2 aliphatic heterocycles. The first-order chi connectivity index (χ1) is 8.66. The van der Waals surface area contributed by atoms with Gasteiger partial charge in [-0.3, -0.25) is 0 Å². The molecule has 0 radical (unpaired) electrons. The zero-order valence-electron chi connectivity index (χ0n) is 10.7. The average Bonchev–Trinajstić information content (AvgIpc) is 2.82. The topological polar surface area (TPSA) is 67.4 Å². The molecule has 0 aromatic rings. The summed E-state index contributed by atoms with van der Waals surface area (Å²) < 4.78 is 31.6. The standard InChI is InChI=1S/C12H22N2O3S/c15-18(16,10-12-2-1-9-17-12)14-8-5-11-3-6-13-7-4-11/h3,12-14H,1-2,4-10H2. The minimum Gasteiger partial charge on any atom is -0.377 e. The van der Waals surface area contributed by atoms with Crippen molar-refractivity contribution in [3.8, 4) is 0 Å². The highest BCUT2D eigenvalue weighted by Gasteiger charge is 2.22. The molecule has 2 heterocycles. The second-order valence-corrected chi connectivity index (χ2v) is 6.73. The molecule has 0 aromatic carbocycles.